The van der Waals surface area contributed by atoms with Gasteiger partial charge in [-0.25, -0.2) is 0 Å². The van der Waals surface area contributed by atoms with E-state index in [0.717, 1.165) is 45.1 Å². The average molecular weight is 408 g/mol. The fraction of sp³-hybridized carbons (Fsp3) is 0.880. The first-order valence-electron chi connectivity index (χ1n) is 12.0. The zero-order valence-corrected chi connectivity index (χ0v) is 19.7. The summed E-state index contributed by atoms with van der Waals surface area (Å²) in [7, 11) is 0. The molecule has 0 amide bonds. The average Bonchev–Trinajstić information content (AvgIpc) is 3.13. The molecule has 1 spiro atoms. The first kappa shape index (κ1) is 24.6. The first-order valence-corrected chi connectivity index (χ1v) is 12.0. The summed E-state index contributed by atoms with van der Waals surface area (Å²) >= 11 is 0. The van der Waals surface area contributed by atoms with Crippen molar-refractivity contribution in [2.45, 2.75) is 98.1 Å². The molecule has 7 atom stereocenters. The van der Waals surface area contributed by atoms with Crippen molar-refractivity contribution in [1.29, 1.82) is 0 Å². The molecule has 3 rings (SSSR count). The third-order valence-corrected chi connectivity index (χ3v) is 8.36. The van der Waals surface area contributed by atoms with Gasteiger partial charge < -0.3 is 9.84 Å². The van der Waals surface area contributed by atoms with Gasteiger partial charge in [0.2, 0.25) is 0 Å². The molecule has 2 saturated carbocycles. The van der Waals surface area contributed by atoms with Crippen LogP contribution in [0.25, 0.3) is 0 Å². The van der Waals surface area contributed by atoms with E-state index in [1.807, 2.05) is 13.8 Å². The lowest BCUT2D eigenvalue weighted by molar-refractivity contribution is -0.142. The molecule has 2 aliphatic carbocycles. The number of allylic oxidation sites excluding steroid dienone is 1. The first-order chi connectivity index (χ1) is 13.8. The van der Waals surface area contributed by atoms with Crippen molar-refractivity contribution in [3.05, 3.63) is 12.2 Å². The number of hydrogen-bond donors (Lipinski definition) is 2. The smallest absolute Gasteiger partial charge is 0.167 e. The molecular weight excluding hydrogens is 362 g/mol. The van der Waals surface area contributed by atoms with Crippen LogP contribution in [0.4, 0.5) is 0 Å². The molecule has 1 saturated heterocycles. The lowest BCUT2D eigenvalue weighted by atomic mass is 9.58. The summed E-state index contributed by atoms with van der Waals surface area (Å²) in [5, 5.41) is 15.0. The van der Waals surface area contributed by atoms with Crippen molar-refractivity contribution in [2.24, 2.45) is 29.1 Å². The summed E-state index contributed by atoms with van der Waals surface area (Å²) < 4.78 is 5.65. The normalized spacial score (nSPS) is 41.6. The number of ether oxygens (including phenoxy) is 1. The standard InChI is InChI=1S/C23H39NO3.C2H6/c1-6-23(18(5)8-7-16(3)21(23)26)20(25)11-19-15(2)9-10-22(12-17(19)4)13-27-14-24-22;1-2/h15,17-20,24-25H,3,6-14H2,1-2,4-5H3;1-2H3/t15?,17?,18?,19?,20-,22?,23-;/m1./s1. The number of carbonyl (C=O) groups excluding carboxylic acids is 1. The van der Waals surface area contributed by atoms with Gasteiger partial charge in [-0.2, -0.15) is 0 Å². The summed E-state index contributed by atoms with van der Waals surface area (Å²) in [4.78, 5) is 13.1. The molecule has 168 valence electrons. The molecule has 0 aromatic rings. The largest absolute Gasteiger partial charge is 0.392 e. The second kappa shape index (κ2) is 10.1. The fourth-order valence-electron chi connectivity index (χ4n) is 6.41. The second-order valence-corrected chi connectivity index (χ2v) is 9.83. The number of hydrogen-bond acceptors (Lipinski definition) is 4. The highest BCUT2D eigenvalue weighted by molar-refractivity contribution is 6.00. The van der Waals surface area contributed by atoms with Gasteiger partial charge in [-0.15, -0.1) is 0 Å². The molecule has 0 bridgehead atoms. The van der Waals surface area contributed by atoms with Crippen LogP contribution in [0.2, 0.25) is 0 Å². The van der Waals surface area contributed by atoms with Crippen molar-refractivity contribution in [1.82, 2.24) is 5.32 Å². The Morgan fingerprint density at radius 1 is 1.24 bits per heavy atom. The molecule has 4 nitrogen and oxygen atoms in total. The number of aliphatic hydroxyl groups is 1. The van der Waals surface area contributed by atoms with E-state index in [0.29, 0.717) is 36.5 Å². The fourth-order valence-corrected chi connectivity index (χ4v) is 6.41. The van der Waals surface area contributed by atoms with Gasteiger partial charge in [0.25, 0.3) is 0 Å². The van der Waals surface area contributed by atoms with E-state index in [1.165, 1.54) is 0 Å². The Bertz CT molecular complexity index is 568. The van der Waals surface area contributed by atoms with Gasteiger partial charge >= 0.3 is 0 Å². The third-order valence-electron chi connectivity index (χ3n) is 8.36. The molecule has 5 unspecified atom stereocenters. The number of carbonyl (C=O) groups is 1. The monoisotopic (exact) mass is 407 g/mol. The number of nitrogens with one attached hydrogen (secondary N) is 1. The van der Waals surface area contributed by atoms with Crippen LogP contribution in [-0.2, 0) is 9.53 Å². The highest BCUT2D eigenvalue weighted by Gasteiger charge is 2.52. The Morgan fingerprint density at radius 2 is 1.93 bits per heavy atom. The van der Waals surface area contributed by atoms with Gasteiger partial charge in [0.05, 0.1) is 24.9 Å². The lowest BCUT2D eigenvalue weighted by Crippen LogP contribution is -2.51. The van der Waals surface area contributed by atoms with Gasteiger partial charge in [-0.05, 0) is 74.2 Å². The highest BCUT2D eigenvalue weighted by Crippen LogP contribution is 2.49. The van der Waals surface area contributed by atoms with Crippen LogP contribution in [0.15, 0.2) is 12.2 Å². The summed E-state index contributed by atoms with van der Waals surface area (Å²) in [6.45, 7) is 18.3. The van der Waals surface area contributed by atoms with Crippen LogP contribution in [0.1, 0.15) is 86.5 Å². The molecule has 3 aliphatic rings. The van der Waals surface area contributed by atoms with Gasteiger partial charge in [0.15, 0.2) is 5.78 Å². The van der Waals surface area contributed by atoms with Gasteiger partial charge in [0.1, 0.15) is 0 Å². The molecular formula is C25H45NO3. The highest BCUT2D eigenvalue weighted by atomic mass is 16.5. The zero-order chi connectivity index (χ0) is 21.8. The van der Waals surface area contributed by atoms with E-state index in [-0.39, 0.29) is 17.2 Å². The van der Waals surface area contributed by atoms with Crippen LogP contribution in [0, 0.1) is 29.1 Å². The predicted octanol–water partition coefficient (Wildman–Crippen LogP) is 5.10. The van der Waals surface area contributed by atoms with Crippen LogP contribution in [0.3, 0.4) is 0 Å². The Morgan fingerprint density at radius 3 is 2.52 bits per heavy atom. The Kier molecular flexibility index (Phi) is 8.52. The maximum atomic E-state index is 13.1. The van der Waals surface area contributed by atoms with Crippen molar-refractivity contribution in [3.63, 3.8) is 0 Å². The topological polar surface area (TPSA) is 58.6 Å². The Balaban J connectivity index is 0.00000145. The Labute approximate surface area is 178 Å². The van der Waals surface area contributed by atoms with Crippen LogP contribution in [0.5, 0.6) is 0 Å². The molecule has 29 heavy (non-hydrogen) atoms. The summed E-state index contributed by atoms with van der Waals surface area (Å²) in [5.74, 6) is 1.80. The second-order valence-electron chi connectivity index (χ2n) is 9.83. The third kappa shape index (κ3) is 4.65. The molecule has 0 aromatic carbocycles. The van der Waals surface area contributed by atoms with Crippen molar-refractivity contribution in [2.75, 3.05) is 13.3 Å². The molecule has 0 aromatic heterocycles. The van der Waals surface area contributed by atoms with Crippen molar-refractivity contribution < 1.29 is 14.6 Å². The number of Topliss-reactive ketones (excluding diaryl/α,β-unsaturated/α-hetero) is 1. The number of ketones is 1. The maximum absolute atomic E-state index is 13.1. The van der Waals surface area contributed by atoms with Crippen LogP contribution in [-0.4, -0.2) is 35.9 Å². The van der Waals surface area contributed by atoms with E-state index < -0.39 is 11.5 Å². The maximum Gasteiger partial charge on any atom is 0.167 e. The summed E-state index contributed by atoms with van der Waals surface area (Å²) in [6, 6.07) is 0. The van der Waals surface area contributed by atoms with E-state index in [1.54, 1.807) is 0 Å². The van der Waals surface area contributed by atoms with Gasteiger partial charge in [0, 0.05) is 5.54 Å². The summed E-state index contributed by atoms with van der Waals surface area (Å²) in [6.07, 6.45) is 5.93. The molecule has 1 heterocycles. The molecule has 4 heteroatoms. The summed E-state index contributed by atoms with van der Waals surface area (Å²) in [5.41, 5.74) is 0.174. The quantitative estimate of drug-likeness (QED) is 0.636. The van der Waals surface area contributed by atoms with Crippen LogP contribution >= 0.6 is 0 Å². The molecule has 3 fully saturated rings. The van der Waals surface area contributed by atoms with E-state index >= 15 is 0 Å². The van der Waals surface area contributed by atoms with Gasteiger partial charge in [-0.3, -0.25) is 10.1 Å². The Hall–Kier alpha value is -0.710. The zero-order valence-electron chi connectivity index (χ0n) is 19.7. The van der Waals surface area contributed by atoms with E-state index in [9.17, 15) is 9.90 Å². The number of rotatable bonds is 4. The minimum absolute atomic E-state index is 0.109. The SMILES string of the molecule is C=C1CCC(C)[C@](CC)([C@H](O)CC2C(C)CCC3(COCN3)CC2C)C1=O.CC. The van der Waals surface area contributed by atoms with Crippen molar-refractivity contribution in [3.8, 4) is 0 Å². The minimum atomic E-state index is -0.645. The minimum Gasteiger partial charge on any atom is -0.392 e. The van der Waals surface area contributed by atoms with Crippen molar-refractivity contribution >= 4 is 5.78 Å². The lowest BCUT2D eigenvalue weighted by Gasteiger charge is -2.46. The molecule has 2 N–H and O–H groups in total. The molecule has 0 radical (unpaired) electrons. The predicted molar refractivity (Wildman–Crippen MR) is 120 cm³/mol. The van der Waals surface area contributed by atoms with E-state index in [4.69, 9.17) is 4.74 Å². The molecule has 1 aliphatic heterocycles. The van der Waals surface area contributed by atoms with Gasteiger partial charge in [-0.1, -0.05) is 48.1 Å². The van der Waals surface area contributed by atoms with E-state index in [2.05, 4.69) is 39.6 Å². The van der Waals surface area contributed by atoms with Crippen LogP contribution < -0.4 is 5.32 Å². The number of aliphatic hydroxyl groups excluding tert-OH is 1.